The van der Waals surface area contributed by atoms with Crippen LogP contribution < -0.4 is 5.32 Å². The summed E-state index contributed by atoms with van der Waals surface area (Å²) in [5.74, 6) is 0.443. The summed E-state index contributed by atoms with van der Waals surface area (Å²) in [5.41, 5.74) is 0.927. The number of nitrogens with zero attached hydrogens (tertiary/aromatic N) is 1. The first-order valence-electron chi connectivity index (χ1n) is 6.42. The number of hydrogen-bond acceptors (Lipinski definition) is 2. The Morgan fingerprint density at radius 1 is 1.41 bits per heavy atom. The molecule has 0 aromatic heterocycles. The van der Waals surface area contributed by atoms with Crippen molar-refractivity contribution >= 4 is 0 Å². The summed E-state index contributed by atoms with van der Waals surface area (Å²) in [4.78, 5) is 0. The third-order valence-electron chi connectivity index (χ3n) is 4.02. The van der Waals surface area contributed by atoms with E-state index in [9.17, 15) is 5.26 Å². The zero-order chi connectivity index (χ0) is 12.3. The zero-order valence-corrected chi connectivity index (χ0v) is 10.6. The van der Waals surface area contributed by atoms with Gasteiger partial charge in [-0.2, -0.15) is 5.26 Å². The molecule has 2 heteroatoms. The number of nitriles is 1. The van der Waals surface area contributed by atoms with Crippen molar-refractivity contribution in [2.45, 2.75) is 44.7 Å². The maximum Gasteiger partial charge on any atom is 0.109 e. The van der Waals surface area contributed by atoms with Crippen LogP contribution in [0.1, 0.15) is 44.7 Å². The lowest BCUT2D eigenvalue weighted by molar-refractivity contribution is 0.306. The highest BCUT2D eigenvalue weighted by atomic mass is 15.0. The highest BCUT2D eigenvalue weighted by Crippen LogP contribution is 2.36. The van der Waals surface area contributed by atoms with Crippen LogP contribution in [0, 0.1) is 17.2 Å². The molecule has 1 aromatic rings. The van der Waals surface area contributed by atoms with Crippen molar-refractivity contribution < 1.29 is 0 Å². The lowest BCUT2D eigenvalue weighted by Gasteiger charge is -2.31. The quantitative estimate of drug-likeness (QED) is 0.860. The molecule has 0 amide bonds. The van der Waals surface area contributed by atoms with Gasteiger partial charge in [0, 0.05) is 6.04 Å². The lowest BCUT2D eigenvalue weighted by Crippen LogP contribution is -2.47. The van der Waals surface area contributed by atoms with E-state index in [0.29, 0.717) is 5.92 Å². The number of rotatable bonds is 3. The Kier molecular flexibility index (Phi) is 3.49. The predicted molar refractivity (Wildman–Crippen MR) is 69.4 cm³/mol. The van der Waals surface area contributed by atoms with E-state index in [1.807, 2.05) is 18.2 Å². The van der Waals surface area contributed by atoms with Crippen LogP contribution in [0.4, 0.5) is 0 Å². The Labute approximate surface area is 104 Å². The zero-order valence-electron chi connectivity index (χ0n) is 10.6. The molecule has 0 spiro atoms. The van der Waals surface area contributed by atoms with E-state index < -0.39 is 0 Å². The first-order valence-corrected chi connectivity index (χ1v) is 6.42. The van der Waals surface area contributed by atoms with Crippen LogP contribution in [0.15, 0.2) is 30.3 Å². The fraction of sp³-hybridized carbons (Fsp3) is 0.533. The van der Waals surface area contributed by atoms with E-state index in [0.717, 1.165) is 19.3 Å². The third-order valence-corrected chi connectivity index (χ3v) is 4.02. The fourth-order valence-electron chi connectivity index (χ4n) is 2.80. The molecule has 0 saturated heterocycles. The summed E-state index contributed by atoms with van der Waals surface area (Å²) >= 11 is 0. The van der Waals surface area contributed by atoms with Gasteiger partial charge in [-0.05, 0) is 31.2 Å². The second-order valence-corrected chi connectivity index (χ2v) is 5.15. The molecule has 1 N–H and O–H groups in total. The molecule has 1 saturated carbocycles. The summed E-state index contributed by atoms with van der Waals surface area (Å²) in [6.45, 7) is 4.32. The van der Waals surface area contributed by atoms with E-state index in [2.05, 4.69) is 37.4 Å². The van der Waals surface area contributed by atoms with Crippen molar-refractivity contribution in [1.82, 2.24) is 5.32 Å². The molecule has 2 rings (SSSR count). The normalized spacial score (nSPS) is 29.8. The summed E-state index contributed by atoms with van der Waals surface area (Å²) in [5, 5.41) is 13.0. The Bertz CT molecular complexity index is 407. The van der Waals surface area contributed by atoms with Gasteiger partial charge in [0.1, 0.15) is 5.54 Å². The number of hydrogen-bond donors (Lipinski definition) is 1. The maximum absolute atomic E-state index is 9.47. The van der Waals surface area contributed by atoms with Gasteiger partial charge in [-0.15, -0.1) is 0 Å². The van der Waals surface area contributed by atoms with Gasteiger partial charge in [0.2, 0.25) is 0 Å². The van der Waals surface area contributed by atoms with Gasteiger partial charge >= 0.3 is 0 Å². The van der Waals surface area contributed by atoms with E-state index in [4.69, 9.17) is 0 Å². The van der Waals surface area contributed by atoms with E-state index in [1.165, 1.54) is 5.56 Å². The highest BCUT2D eigenvalue weighted by Gasteiger charge is 2.41. The van der Waals surface area contributed by atoms with Gasteiger partial charge in [-0.25, -0.2) is 0 Å². The molecular formula is C15H20N2. The molecule has 0 bridgehead atoms. The molecule has 0 unspecified atom stereocenters. The molecule has 2 nitrogen and oxygen atoms in total. The molecule has 1 aliphatic carbocycles. The third kappa shape index (κ3) is 2.35. The van der Waals surface area contributed by atoms with Crippen LogP contribution >= 0.6 is 0 Å². The van der Waals surface area contributed by atoms with Crippen LogP contribution in [0.5, 0.6) is 0 Å². The smallest absolute Gasteiger partial charge is 0.109 e. The highest BCUT2D eigenvalue weighted by molar-refractivity contribution is 5.21. The Balaban J connectivity index is 2.13. The summed E-state index contributed by atoms with van der Waals surface area (Å²) in [6.07, 6.45) is 3.28. The van der Waals surface area contributed by atoms with Crippen molar-refractivity contribution in [2.24, 2.45) is 5.92 Å². The average molecular weight is 228 g/mol. The van der Waals surface area contributed by atoms with E-state index >= 15 is 0 Å². The molecule has 0 heterocycles. The average Bonchev–Trinajstić information content (AvgIpc) is 2.72. The van der Waals surface area contributed by atoms with Gasteiger partial charge in [-0.1, -0.05) is 43.7 Å². The van der Waals surface area contributed by atoms with Gasteiger partial charge in [0.05, 0.1) is 6.07 Å². The Morgan fingerprint density at radius 2 is 2.12 bits per heavy atom. The monoisotopic (exact) mass is 228 g/mol. The second kappa shape index (κ2) is 4.89. The minimum Gasteiger partial charge on any atom is -0.293 e. The molecule has 90 valence electrons. The predicted octanol–water partition coefficient (Wildman–Crippen LogP) is 3.42. The van der Waals surface area contributed by atoms with Crippen LogP contribution in [0.3, 0.4) is 0 Å². The number of nitrogens with one attached hydrogen (secondary N) is 1. The van der Waals surface area contributed by atoms with Gasteiger partial charge < -0.3 is 0 Å². The molecule has 17 heavy (non-hydrogen) atoms. The molecule has 1 fully saturated rings. The van der Waals surface area contributed by atoms with Crippen molar-refractivity contribution in [3.8, 4) is 6.07 Å². The summed E-state index contributed by atoms with van der Waals surface area (Å²) < 4.78 is 0. The van der Waals surface area contributed by atoms with Crippen molar-refractivity contribution in [3.05, 3.63) is 35.9 Å². The standard InChI is InChI=1S/C15H20N2/c1-12-7-6-10-15(12,11-16)17-13(2)14-8-4-3-5-9-14/h3-5,8-9,12-13,17H,6-7,10H2,1-2H3/t12-,13-,15-/m1/s1. The van der Waals surface area contributed by atoms with Crippen LogP contribution in [0.2, 0.25) is 0 Å². The van der Waals surface area contributed by atoms with Crippen LogP contribution in [-0.4, -0.2) is 5.54 Å². The lowest BCUT2D eigenvalue weighted by atomic mass is 9.88. The molecule has 0 aliphatic heterocycles. The molecular weight excluding hydrogens is 208 g/mol. The van der Waals surface area contributed by atoms with E-state index in [-0.39, 0.29) is 11.6 Å². The fourth-order valence-corrected chi connectivity index (χ4v) is 2.80. The minimum atomic E-state index is -0.324. The summed E-state index contributed by atoms with van der Waals surface area (Å²) in [6, 6.07) is 13.1. The van der Waals surface area contributed by atoms with Gasteiger partial charge in [0.15, 0.2) is 0 Å². The SMILES string of the molecule is C[C@@H]1CCC[C@]1(C#N)N[C@H](C)c1ccccc1. The first-order chi connectivity index (χ1) is 8.18. The largest absolute Gasteiger partial charge is 0.293 e. The van der Waals surface area contributed by atoms with Gasteiger partial charge in [0.25, 0.3) is 0 Å². The van der Waals surface area contributed by atoms with E-state index in [1.54, 1.807) is 0 Å². The summed E-state index contributed by atoms with van der Waals surface area (Å²) in [7, 11) is 0. The molecule has 3 atom stereocenters. The second-order valence-electron chi connectivity index (χ2n) is 5.15. The van der Waals surface area contributed by atoms with Crippen molar-refractivity contribution in [2.75, 3.05) is 0 Å². The van der Waals surface area contributed by atoms with Crippen LogP contribution in [-0.2, 0) is 0 Å². The maximum atomic E-state index is 9.47. The topological polar surface area (TPSA) is 35.8 Å². The first kappa shape index (κ1) is 12.1. The van der Waals surface area contributed by atoms with Gasteiger partial charge in [-0.3, -0.25) is 5.32 Å². The molecule has 0 radical (unpaired) electrons. The van der Waals surface area contributed by atoms with Crippen LogP contribution in [0.25, 0.3) is 0 Å². The molecule has 1 aromatic carbocycles. The Morgan fingerprint density at radius 3 is 2.65 bits per heavy atom. The Hall–Kier alpha value is -1.33. The minimum absolute atomic E-state index is 0.233. The van der Waals surface area contributed by atoms with Crippen molar-refractivity contribution in [1.29, 1.82) is 5.26 Å². The van der Waals surface area contributed by atoms with Crippen molar-refractivity contribution in [3.63, 3.8) is 0 Å². The number of benzene rings is 1. The molecule has 1 aliphatic rings.